The lowest BCUT2D eigenvalue weighted by Gasteiger charge is -1.84. The molecule has 0 atom stereocenters. The number of nitrogens with two attached hydrogens (primary N) is 1. The predicted molar refractivity (Wildman–Crippen MR) is 44.4 cm³/mol. The molecule has 0 unspecified atom stereocenters. The summed E-state index contributed by atoms with van der Waals surface area (Å²) in [5.41, 5.74) is 5.42. The van der Waals surface area contributed by atoms with Crippen LogP contribution in [0.4, 0.5) is 0 Å². The van der Waals surface area contributed by atoms with Gasteiger partial charge in [-0.3, -0.25) is 4.98 Å². The van der Waals surface area contributed by atoms with E-state index in [1.54, 1.807) is 12.3 Å². The van der Waals surface area contributed by atoms with Crippen molar-refractivity contribution >= 4 is 6.08 Å². The zero-order valence-corrected chi connectivity index (χ0v) is 6.12. The first-order valence-corrected chi connectivity index (χ1v) is 3.04. The molecule has 1 rings (SSSR count). The monoisotopic (exact) mass is 136 g/mol. The molecule has 2 heteroatoms. The van der Waals surface area contributed by atoms with Gasteiger partial charge in [-0.1, -0.05) is 12.6 Å². The molecule has 2 N–H and O–H groups in total. The molecule has 2 nitrogen and oxygen atoms in total. The fourth-order valence-corrected chi connectivity index (χ4v) is 0.497. The van der Waals surface area contributed by atoms with E-state index in [9.17, 15) is 0 Å². The van der Waals surface area contributed by atoms with Crippen LogP contribution in [0.25, 0.3) is 6.08 Å². The minimum absolute atomic E-state index is 0.924. The number of rotatable bonds is 1. The standard InChI is InChI=1S/C7H7N.CH5N/c1-2-7-5-3-4-6-8-7;1-2/h2-6H,1H2;2H2,1H3. The van der Waals surface area contributed by atoms with Crippen molar-refractivity contribution in [1.82, 2.24) is 4.98 Å². The van der Waals surface area contributed by atoms with Gasteiger partial charge in [-0.2, -0.15) is 0 Å². The summed E-state index contributed by atoms with van der Waals surface area (Å²) in [7, 11) is 1.50. The van der Waals surface area contributed by atoms with Crippen molar-refractivity contribution < 1.29 is 0 Å². The van der Waals surface area contributed by atoms with E-state index in [4.69, 9.17) is 0 Å². The Bertz CT molecular complexity index is 170. The van der Waals surface area contributed by atoms with Crippen molar-refractivity contribution in [2.45, 2.75) is 0 Å². The van der Waals surface area contributed by atoms with Crippen LogP contribution in [0.5, 0.6) is 0 Å². The summed E-state index contributed by atoms with van der Waals surface area (Å²) in [6, 6.07) is 5.73. The van der Waals surface area contributed by atoms with Crippen LogP contribution < -0.4 is 5.73 Å². The molecule has 0 aliphatic heterocycles. The number of nitrogens with zero attached hydrogens (tertiary/aromatic N) is 1. The topological polar surface area (TPSA) is 38.9 Å². The lowest BCUT2D eigenvalue weighted by Crippen LogP contribution is -1.73. The van der Waals surface area contributed by atoms with Gasteiger partial charge in [0.05, 0.1) is 5.69 Å². The molecule has 0 fully saturated rings. The number of pyridine rings is 1. The third kappa shape index (κ3) is 2.99. The van der Waals surface area contributed by atoms with Crippen LogP contribution in [0.2, 0.25) is 0 Å². The Kier molecular flexibility index (Phi) is 5.29. The Morgan fingerprint density at radius 3 is 2.50 bits per heavy atom. The third-order valence-electron chi connectivity index (χ3n) is 0.897. The van der Waals surface area contributed by atoms with Crippen molar-refractivity contribution in [1.29, 1.82) is 0 Å². The Labute approximate surface area is 61.4 Å². The molecule has 0 aliphatic carbocycles. The molecule has 0 saturated carbocycles. The van der Waals surface area contributed by atoms with Gasteiger partial charge >= 0.3 is 0 Å². The molecule has 1 heterocycles. The molecule has 0 amide bonds. The van der Waals surface area contributed by atoms with E-state index >= 15 is 0 Å². The fourth-order valence-electron chi connectivity index (χ4n) is 0.497. The van der Waals surface area contributed by atoms with Gasteiger partial charge in [-0.05, 0) is 25.3 Å². The highest BCUT2D eigenvalue weighted by Crippen LogP contribution is 1.91. The molecular weight excluding hydrogens is 124 g/mol. The smallest absolute Gasteiger partial charge is 0.0623 e. The molecule has 54 valence electrons. The largest absolute Gasteiger partial charge is 0.333 e. The van der Waals surface area contributed by atoms with Crippen molar-refractivity contribution in [2.24, 2.45) is 5.73 Å². The van der Waals surface area contributed by atoms with Crippen LogP contribution in [-0.4, -0.2) is 12.0 Å². The lowest BCUT2D eigenvalue weighted by molar-refractivity contribution is 1.30. The molecule has 1 aromatic heterocycles. The summed E-state index contributed by atoms with van der Waals surface area (Å²) in [4.78, 5) is 3.98. The Hall–Kier alpha value is -1.15. The van der Waals surface area contributed by atoms with E-state index in [0.717, 1.165) is 5.69 Å². The Morgan fingerprint density at radius 1 is 1.50 bits per heavy atom. The molecule has 0 radical (unpaired) electrons. The maximum atomic E-state index is 4.50. The van der Waals surface area contributed by atoms with Crippen LogP contribution in [-0.2, 0) is 0 Å². The summed E-state index contributed by atoms with van der Waals surface area (Å²) < 4.78 is 0. The van der Waals surface area contributed by atoms with Gasteiger partial charge in [0.2, 0.25) is 0 Å². The normalized spacial score (nSPS) is 7.40. The average molecular weight is 136 g/mol. The van der Waals surface area contributed by atoms with Crippen molar-refractivity contribution in [3.63, 3.8) is 0 Å². The lowest BCUT2D eigenvalue weighted by atomic mass is 10.4. The maximum absolute atomic E-state index is 4.50. The highest BCUT2D eigenvalue weighted by molar-refractivity contribution is 5.40. The van der Waals surface area contributed by atoms with Gasteiger partial charge in [0, 0.05) is 6.20 Å². The van der Waals surface area contributed by atoms with Gasteiger partial charge < -0.3 is 5.73 Å². The highest BCUT2D eigenvalue weighted by atomic mass is 14.6. The van der Waals surface area contributed by atoms with Crippen molar-refractivity contribution in [2.75, 3.05) is 7.05 Å². The number of hydrogen-bond donors (Lipinski definition) is 1. The Balaban J connectivity index is 0.000000371. The second-order valence-electron chi connectivity index (χ2n) is 1.46. The summed E-state index contributed by atoms with van der Waals surface area (Å²) in [5.74, 6) is 0. The predicted octanol–water partition coefficient (Wildman–Crippen LogP) is 1.30. The number of hydrogen-bond acceptors (Lipinski definition) is 2. The molecule has 0 bridgehead atoms. The van der Waals surface area contributed by atoms with Crippen LogP contribution in [0.1, 0.15) is 5.69 Å². The minimum Gasteiger partial charge on any atom is -0.333 e. The quantitative estimate of drug-likeness (QED) is 0.632. The van der Waals surface area contributed by atoms with Gasteiger partial charge in [0.1, 0.15) is 0 Å². The maximum Gasteiger partial charge on any atom is 0.0623 e. The molecule has 0 aliphatic rings. The van der Waals surface area contributed by atoms with E-state index < -0.39 is 0 Å². The average Bonchev–Trinajstić information content (AvgIpc) is 2.10. The SMILES string of the molecule is C=Cc1ccccn1.CN. The van der Waals surface area contributed by atoms with Gasteiger partial charge in [-0.25, -0.2) is 0 Å². The number of aromatic nitrogens is 1. The molecule has 0 spiro atoms. The zero-order valence-electron chi connectivity index (χ0n) is 6.12. The summed E-state index contributed by atoms with van der Waals surface area (Å²) in [5, 5.41) is 0. The second-order valence-corrected chi connectivity index (χ2v) is 1.46. The van der Waals surface area contributed by atoms with E-state index in [0.29, 0.717) is 0 Å². The van der Waals surface area contributed by atoms with Crippen LogP contribution in [0.3, 0.4) is 0 Å². The Morgan fingerprint density at radius 2 is 2.20 bits per heavy atom. The first-order chi connectivity index (χ1) is 4.93. The molecular formula is C8H12N2. The van der Waals surface area contributed by atoms with E-state index in [-0.39, 0.29) is 0 Å². The first kappa shape index (κ1) is 8.85. The van der Waals surface area contributed by atoms with Crippen molar-refractivity contribution in [3.8, 4) is 0 Å². The van der Waals surface area contributed by atoms with Crippen LogP contribution in [0.15, 0.2) is 31.0 Å². The highest BCUT2D eigenvalue weighted by Gasteiger charge is 1.77. The van der Waals surface area contributed by atoms with Crippen LogP contribution >= 0.6 is 0 Å². The molecule has 10 heavy (non-hydrogen) atoms. The fraction of sp³-hybridized carbons (Fsp3) is 0.125. The van der Waals surface area contributed by atoms with E-state index in [2.05, 4.69) is 17.3 Å². The molecule has 0 saturated heterocycles. The van der Waals surface area contributed by atoms with E-state index in [1.165, 1.54) is 7.05 Å². The molecule has 1 aromatic rings. The van der Waals surface area contributed by atoms with Crippen molar-refractivity contribution in [3.05, 3.63) is 36.7 Å². The van der Waals surface area contributed by atoms with Gasteiger partial charge in [0.15, 0.2) is 0 Å². The summed E-state index contributed by atoms with van der Waals surface area (Å²) >= 11 is 0. The second kappa shape index (κ2) is 5.98. The van der Waals surface area contributed by atoms with Gasteiger partial charge in [0.25, 0.3) is 0 Å². The van der Waals surface area contributed by atoms with E-state index in [1.807, 2.05) is 18.2 Å². The third-order valence-corrected chi connectivity index (χ3v) is 0.897. The summed E-state index contributed by atoms with van der Waals surface area (Å²) in [6.45, 7) is 3.57. The van der Waals surface area contributed by atoms with Crippen LogP contribution in [0, 0.1) is 0 Å². The summed E-state index contributed by atoms with van der Waals surface area (Å²) in [6.07, 6.45) is 3.47. The molecule has 0 aromatic carbocycles. The minimum atomic E-state index is 0.924. The van der Waals surface area contributed by atoms with Gasteiger partial charge in [-0.15, -0.1) is 0 Å². The first-order valence-electron chi connectivity index (χ1n) is 3.04. The zero-order chi connectivity index (χ0) is 7.82.